The zero-order valence-corrected chi connectivity index (χ0v) is 13.2. The number of hydrogen-bond donors (Lipinski definition) is 0. The number of Topliss-reactive ketones (excluding diaryl/α,β-unsaturated/α-hetero) is 1. The van der Waals surface area contributed by atoms with Gasteiger partial charge in [0, 0.05) is 5.56 Å². The molecule has 0 saturated carbocycles. The lowest BCUT2D eigenvalue weighted by atomic mass is 10.0. The number of fused-ring (bicyclic) bond motifs is 1. The molecule has 1 atom stereocenters. The fourth-order valence-corrected chi connectivity index (χ4v) is 4.53. The van der Waals surface area contributed by atoms with Crippen molar-refractivity contribution in [2.45, 2.75) is 42.7 Å². The normalized spacial score (nSPS) is 15.1. The highest BCUT2D eigenvalue weighted by molar-refractivity contribution is 8.02. The van der Waals surface area contributed by atoms with E-state index in [1.807, 2.05) is 19.9 Å². The van der Waals surface area contributed by atoms with Crippen LogP contribution in [0.25, 0.3) is 0 Å². The number of carbonyl (C=O) groups excluding carboxylic acids is 1. The first-order chi connectivity index (χ1) is 9.63. The van der Waals surface area contributed by atoms with E-state index >= 15 is 0 Å². The van der Waals surface area contributed by atoms with Gasteiger partial charge in [0.25, 0.3) is 0 Å². The van der Waals surface area contributed by atoms with Crippen molar-refractivity contribution in [3.63, 3.8) is 0 Å². The second-order valence-corrected chi connectivity index (χ2v) is 7.82. The molecule has 0 fully saturated rings. The maximum atomic E-state index is 12.5. The van der Waals surface area contributed by atoms with Gasteiger partial charge in [-0.3, -0.25) is 4.79 Å². The third-order valence-corrected chi connectivity index (χ3v) is 5.56. The van der Waals surface area contributed by atoms with Crippen LogP contribution in [0.3, 0.4) is 0 Å². The summed E-state index contributed by atoms with van der Waals surface area (Å²) in [4.78, 5) is 12.5. The summed E-state index contributed by atoms with van der Waals surface area (Å²) in [5, 5.41) is 8.87. The quantitative estimate of drug-likeness (QED) is 0.638. The minimum Gasteiger partial charge on any atom is -0.293 e. The summed E-state index contributed by atoms with van der Waals surface area (Å²) in [5.41, 5.74) is 3.58. The molecular formula is C15H16N2OS2. The van der Waals surface area contributed by atoms with Gasteiger partial charge in [0.05, 0.1) is 5.25 Å². The van der Waals surface area contributed by atoms with Gasteiger partial charge in [-0.2, -0.15) is 0 Å². The van der Waals surface area contributed by atoms with Crippen LogP contribution in [-0.4, -0.2) is 21.2 Å². The highest BCUT2D eigenvalue weighted by atomic mass is 32.2. The Balaban J connectivity index is 1.74. The molecule has 1 aliphatic rings. The largest absolute Gasteiger partial charge is 0.293 e. The fraction of sp³-hybridized carbons (Fsp3) is 0.400. The van der Waals surface area contributed by atoms with Crippen molar-refractivity contribution in [2.24, 2.45) is 0 Å². The molecular weight excluding hydrogens is 288 g/mol. The van der Waals surface area contributed by atoms with Crippen molar-refractivity contribution in [2.75, 3.05) is 0 Å². The molecule has 2 aromatic rings. The maximum Gasteiger partial charge on any atom is 0.175 e. The summed E-state index contributed by atoms with van der Waals surface area (Å²) >= 11 is 3.03. The van der Waals surface area contributed by atoms with Crippen LogP contribution < -0.4 is 0 Å². The smallest absolute Gasteiger partial charge is 0.175 e. The number of thioether (sulfide) groups is 1. The van der Waals surface area contributed by atoms with Crippen molar-refractivity contribution in [1.29, 1.82) is 0 Å². The molecule has 104 valence electrons. The molecule has 0 spiro atoms. The Bertz CT molecular complexity index is 651. The molecule has 0 saturated heterocycles. The lowest BCUT2D eigenvalue weighted by Gasteiger charge is -2.09. The highest BCUT2D eigenvalue weighted by Crippen LogP contribution is 2.29. The predicted molar refractivity (Wildman–Crippen MR) is 82.8 cm³/mol. The Morgan fingerprint density at radius 2 is 2.10 bits per heavy atom. The molecule has 1 heterocycles. The molecule has 0 amide bonds. The zero-order chi connectivity index (χ0) is 14.1. The van der Waals surface area contributed by atoms with Gasteiger partial charge in [0.15, 0.2) is 10.1 Å². The van der Waals surface area contributed by atoms with Crippen molar-refractivity contribution >= 4 is 28.9 Å². The maximum absolute atomic E-state index is 12.5. The van der Waals surface area contributed by atoms with Gasteiger partial charge >= 0.3 is 0 Å². The fourth-order valence-electron chi connectivity index (χ4n) is 2.49. The number of carbonyl (C=O) groups is 1. The van der Waals surface area contributed by atoms with Crippen LogP contribution in [0.1, 0.15) is 39.8 Å². The molecule has 1 aromatic heterocycles. The van der Waals surface area contributed by atoms with E-state index in [1.165, 1.54) is 40.6 Å². The van der Waals surface area contributed by atoms with E-state index in [9.17, 15) is 4.79 Å². The lowest BCUT2D eigenvalue weighted by Crippen LogP contribution is -2.13. The van der Waals surface area contributed by atoms with Crippen molar-refractivity contribution in [3.05, 3.63) is 39.9 Å². The average Bonchev–Trinajstić information content (AvgIpc) is 3.05. The monoisotopic (exact) mass is 304 g/mol. The number of hydrogen-bond acceptors (Lipinski definition) is 5. The second-order valence-electron chi connectivity index (χ2n) is 5.05. The minimum absolute atomic E-state index is 0.123. The molecule has 0 unspecified atom stereocenters. The summed E-state index contributed by atoms with van der Waals surface area (Å²) < 4.78 is 0.865. The molecule has 3 rings (SSSR count). The second kappa shape index (κ2) is 5.66. The van der Waals surface area contributed by atoms with Gasteiger partial charge in [-0.1, -0.05) is 35.2 Å². The van der Waals surface area contributed by atoms with Gasteiger partial charge in [0.1, 0.15) is 5.01 Å². The Morgan fingerprint density at radius 3 is 2.85 bits per heavy atom. The van der Waals surface area contributed by atoms with E-state index in [2.05, 4.69) is 22.3 Å². The zero-order valence-electron chi connectivity index (χ0n) is 11.5. The molecule has 3 nitrogen and oxygen atoms in total. The topological polar surface area (TPSA) is 42.9 Å². The van der Waals surface area contributed by atoms with E-state index in [-0.39, 0.29) is 11.0 Å². The van der Waals surface area contributed by atoms with Gasteiger partial charge in [-0.25, -0.2) is 0 Å². The first kappa shape index (κ1) is 13.8. The highest BCUT2D eigenvalue weighted by Gasteiger charge is 2.20. The number of aryl methyl sites for hydroxylation is 3. The third-order valence-electron chi connectivity index (χ3n) is 3.54. The molecule has 5 heteroatoms. The molecule has 1 aromatic carbocycles. The molecule has 0 radical (unpaired) electrons. The predicted octanol–water partition coefficient (Wildman–Crippen LogP) is 3.70. The van der Waals surface area contributed by atoms with E-state index in [0.717, 1.165) is 27.8 Å². The SMILES string of the molecule is Cc1nnc(S[C@@H](C)C(=O)c2ccc3c(c2)CCC3)s1. The van der Waals surface area contributed by atoms with Crippen molar-refractivity contribution in [3.8, 4) is 0 Å². The van der Waals surface area contributed by atoms with Gasteiger partial charge < -0.3 is 0 Å². The molecule has 0 bridgehead atoms. The molecule has 1 aliphatic carbocycles. The van der Waals surface area contributed by atoms with E-state index in [1.54, 1.807) is 0 Å². The molecule has 0 N–H and O–H groups in total. The summed E-state index contributed by atoms with van der Waals surface area (Å²) in [6, 6.07) is 6.16. The summed E-state index contributed by atoms with van der Waals surface area (Å²) in [6.07, 6.45) is 3.47. The van der Waals surface area contributed by atoms with Crippen LogP contribution in [0.5, 0.6) is 0 Å². The summed E-state index contributed by atoms with van der Waals surface area (Å²) in [6.45, 7) is 3.87. The Kier molecular flexibility index (Phi) is 3.89. The third kappa shape index (κ3) is 2.79. The Labute approximate surface area is 126 Å². The first-order valence-corrected chi connectivity index (χ1v) is 8.46. The summed E-state index contributed by atoms with van der Waals surface area (Å²) in [5.74, 6) is 0.178. The van der Waals surface area contributed by atoms with Gasteiger partial charge in [0.2, 0.25) is 0 Å². The summed E-state index contributed by atoms with van der Waals surface area (Å²) in [7, 11) is 0. The number of nitrogens with zero attached hydrogens (tertiary/aromatic N) is 2. The molecule has 20 heavy (non-hydrogen) atoms. The average molecular weight is 304 g/mol. The standard InChI is InChI=1S/C15H16N2OS2/c1-9(19-15-17-16-10(2)20-15)14(18)13-7-6-11-4-3-5-12(11)8-13/h6-9H,3-5H2,1-2H3/t9-/m0/s1. The number of rotatable bonds is 4. The van der Waals surface area contributed by atoms with E-state index in [0.29, 0.717) is 0 Å². The van der Waals surface area contributed by atoms with Crippen LogP contribution in [0.2, 0.25) is 0 Å². The van der Waals surface area contributed by atoms with E-state index < -0.39 is 0 Å². The number of aromatic nitrogens is 2. The van der Waals surface area contributed by atoms with Crippen LogP contribution in [-0.2, 0) is 12.8 Å². The minimum atomic E-state index is -0.123. The van der Waals surface area contributed by atoms with Crippen LogP contribution in [0.15, 0.2) is 22.5 Å². The molecule has 0 aliphatic heterocycles. The van der Waals surface area contributed by atoms with Crippen LogP contribution in [0.4, 0.5) is 0 Å². The Morgan fingerprint density at radius 1 is 1.30 bits per heavy atom. The first-order valence-electron chi connectivity index (χ1n) is 6.76. The Hall–Kier alpha value is -1.20. The van der Waals surface area contributed by atoms with Crippen LogP contribution in [0, 0.1) is 6.92 Å². The van der Waals surface area contributed by atoms with Crippen LogP contribution >= 0.6 is 23.1 Å². The van der Waals surface area contributed by atoms with E-state index in [4.69, 9.17) is 0 Å². The van der Waals surface area contributed by atoms with Crippen molar-refractivity contribution < 1.29 is 4.79 Å². The van der Waals surface area contributed by atoms with Crippen molar-refractivity contribution in [1.82, 2.24) is 10.2 Å². The van der Waals surface area contributed by atoms with Gasteiger partial charge in [-0.05, 0) is 50.3 Å². The number of benzene rings is 1. The lowest BCUT2D eigenvalue weighted by molar-refractivity contribution is 0.0994. The number of ketones is 1. The van der Waals surface area contributed by atoms with Gasteiger partial charge in [-0.15, -0.1) is 10.2 Å².